The molecule has 0 bridgehead atoms. The van der Waals surface area contributed by atoms with Gasteiger partial charge in [0.15, 0.2) is 0 Å². The summed E-state index contributed by atoms with van der Waals surface area (Å²) < 4.78 is 2.37. The van der Waals surface area contributed by atoms with E-state index in [1.165, 1.54) is 10.9 Å². The standard InChI is InChI=1S/C21H21BrN6O3/c1-11-18(8-16-15-7-13(22)3-4-17(15)26-20(16)30)25-12(2)19(11)21(31)23-9-14(29)10-28-6-5-24-27-28/h3-8,14,25,29H,9-10H2,1-2H3,(H,23,31)(H,26,30)/b16-8-. The topological polar surface area (TPSA) is 125 Å². The molecule has 10 heteroatoms. The van der Waals surface area contributed by atoms with Crippen molar-refractivity contribution < 1.29 is 14.7 Å². The molecule has 31 heavy (non-hydrogen) atoms. The molecule has 0 spiro atoms. The van der Waals surface area contributed by atoms with Crippen molar-refractivity contribution in [3.63, 3.8) is 0 Å². The van der Waals surface area contributed by atoms with E-state index in [-0.39, 0.29) is 24.9 Å². The lowest BCUT2D eigenvalue weighted by atomic mass is 10.0. The van der Waals surface area contributed by atoms with Gasteiger partial charge in [-0.2, -0.15) is 0 Å². The molecule has 1 aliphatic heterocycles. The average molecular weight is 485 g/mol. The molecule has 4 rings (SSSR count). The van der Waals surface area contributed by atoms with Crippen LogP contribution in [-0.4, -0.2) is 49.5 Å². The summed E-state index contributed by atoms with van der Waals surface area (Å²) in [5, 5.41) is 23.2. The van der Waals surface area contributed by atoms with Crippen LogP contribution in [0, 0.1) is 13.8 Å². The molecule has 3 heterocycles. The lowest BCUT2D eigenvalue weighted by Gasteiger charge is -2.12. The second kappa shape index (κ2) is 8.48. The smallest absolute Gasteiger partial charge is 0.256 e. The van der Waals surface area contributed by atoms with Gasteiger partial charge in [0.05, 0.1) is 30.0 Å². The lowest BCUT2D eigenvalue weighted by Crippen LogP contribution is -2.35. The zero-order valence-electron chi connectivity index (χ0n) is 16.9. The predicted octanol–water partition coefficient (Wildman–Crippen LogP) is 2.27. The Balaban J connectivity index is 1.53. The van der Waals surface area contributed by atoms with Crippen LogP contribution in [0.5, 0.6) is 0 Å². The third-order valence-corrected chi connectivity index (χ3v) is 5.62. The first-order valence-electron chi connectivity index (χ1n) is 9.66. The lowest BCUT2D eigenvalue weighted by molar-refractivity contribution is -0.110. The van der Waals surface area contributed by atoms with Crippen LogP contribution in [0.15, 0.2) is 35.1 Å². The predicted molar refractivity (Wildman–Crippen MR) is 119 cm³/mol. The van der Waals surface area contributed by atoms with E-state index in [2.05, 4.69) is 41.9 Å². The summed E-state index contributed by atoms with van der Waals surface area (Å²) >= 11 is 3.44. The summed E-state index contributed by atoms with van der Waals surface area (Å²) in [6, 6.07) is 5.59. The quantitative estimate of drug-likeness (QED) is 0.399. The highest BCUT2D eigenvalue weighted by molar-refractivity contribution is 9.10. The Bertz CT molecular complexity index is 1180. The summed E-state index contributed by atoms with van der Waals surface area (Å²) in [7, 11) is 0. The van der Waals surface area contributed by atoms with Gasteiger partial charge in [-0.15, -0.1) is 5.10 Å². The van der Waals surface area contributed by atoms with Crippen LogP contribution in [0.3, 0.4) is 0 Å². The maximum atomic E-state index is 12.8. The van der Waals surface area contributed by atoms with Crippen molar-refractivity contribution in [3.05, 3.63) is 63.1 Å². The molecule has 0 radical (unpaired) electrons. The Hall–Kier alpha value is -3.24. The number of aliphatic hydroxyl groups excluding tert-OH is 1. The van der Waals surface area contributed by atoms with Gasteiger partial charge in [-0.25, -0.2) is 4.68 Å². The fourth-order valence-electron chi connectivity index (χ4n) is 3.62. The van der Waals surface area contributed by atoms with Gasteiger partial charge >= 0.3 is 0 Å². The number of aromatic amines is 1. The number of hydrogen-bond donors (Lipinski definition) is 4. The van der Waals surface area contributed by atoms with Gasteiger partial charge in [0.25, 0.3) is 11.8 Å². The molecule has 0 fully saturated rings. The molecule has 0 saturated carbocycles. The number of benzene rings is 1. The van der Waals surface area contributed by atoms with Crippen molar-refractivity contribution in [3.8, 4) is 0 Å². The number of fused-ring (bicyclic) bond motifs is 1. The first kappa shape index (κ1) is 21.0. The number of amides is 2. The van der Waals surface area contributed by atoms with Gasteiger partial charge in [-0.05, 0) is 43.7 Å². The summed E-state index contributed by atoms with van der Waals surface area (Å²) in [5.74, 6) is -0.491. The summed E-state index contributed by atoms with van der Waals surface area (Å²) in [6.45, 7) is 3.93. The van der Waals surface area contributed by atoms with Crippen LogP contribution < -0.4 is 10.6 Å². The molecular weight excluding hydrogens is 464 g/mol. The first-order chi connectivity index (χ1) is 14.8. The normalized spacial score (nSPS) is 15.1. The third-order valence-electron chi connectivity index (χ3n) is 5.12. The SMILES string of the molecule is Cc1[nH]c(/C=C2\C(=O)Nc3ccc(Br)cc32)c(C)c1C(=O)NCC(O)Cn1ccnn1. The second-order valence-electron chi connectivity index (χ2n) is 7.35. The molecule has 4 N–H and O–H groups in total. The van der Waals surface area contributed by atoms with Crippen LogP contribution in [0.4, 0.5) is 5.69 Å². The largest absolute Gasteiger partial charge is 0.389 e. The number of hydrogen-bond acceptors (Lipinski definition) is 5. The number of carbonyl (C=O) groups is 2. The number of rotatable bonds is 6. The highest BCUT2D eigenvalue weighted by Crippen LogP contribution is 2.35. The van der Waals surface area contributed by atoms with Gasteiger partial charge in [0.2, 0.25) is 0 Å². The fraction of sp³-hybridized carbons (Fsp3) is 0.238. The van der Waals surface area contributed by atoms with Crippen LogP contribution in [-0.2, 0) is 11.3 Å². The van der Waals surface area contributed by atoms with Gasteiger partial charge in [0, 0.05) is 39.9 Å². The Morgan fingerprint density at radius 3 is 2.94 bits per heavy atom. The van der Waals surface area contributed by atoms with Gasteiger partial charge < -0.3 is 20.7 Å². The molecule has 160 valence electrons. The Morgan fingerprint density at radius 1 is 1.39 bits per heavy atom. The number of nitrogens with one attached hydrogen (secondary N) is 3. The second-order valence-corrected chi connectivity index (χ2v) is 8.27. The van der Waals surface area contributed by atoms with E-state index >= 15 is 0 Å². The number of H-pyrrole nitrogens is 1. The van der Waals surface area contributed by atoms with Crippen molar-refractivity contribution in [2.45, 2.75) is 26.5 Å². The number of anilines is 1. The first-order valence-corrected chi connectivity index (χ1v) is 10.4. The van der Waals surface area contributed by atoms with Gasteiger partial charge in [0.1, 0.15) is 0 Å². The summed E-state index contributed by atoms with van der Waals surface area (Å²) in [4.78, 5) is 28.4. The van der Waals surface area contributed by atoms with E-state index in [0.717, 1.165) is 21.3 Å². The molecule has 2 aromatic heterocycles. The molecule has 1 unspecified atom stereocenters. The molecular formula is C21H21BrN6O3. The fourth-order valence-corrected chi connectivity index (χ4v) is 3.98. The number of carbonyl (C=O) groups excluding carboxylic acids is 2. The summed E-state index contributed by atoms with van der Waals surface area (Å²) in [6.07, 6.45) is 4.12. The van der Waals surface area contributed by atoms with E-state index in [0.29, 0.717) is 22.5 Å². The molecule has 9 nitrogen and oxygen atoms in total. The molecule has 3 aromatic rings. The van der Waals surface area contributed by atoms with Crippen LogP contribution in [0.2, 0.25) is 0 Å². The van der Waals surface area contributed by atoms with E-state index in [9.17, 15) is 14.7 Å². The van der Waals surface area contributed by atoms with Gasteiger partial charge in [-0.1, -0.05) is 21.1 Å². The highest BCUT2D eigenvalue weighted by Gasteiger charge is 2.26. The Morgan fingerprint density at radius 2 is 2.19 bits per heavy atom. The van der Waals surface area contributed by atoms with Crippen LogP contribution in [0.25, 0.3) is 11.6 Å². The van der Waals surface area contributed by atoms with Crippen LogP contribution in [0.1, 0.15) is 32.9 Å². The molecule has 1 atom stereocenters. The van der Waals surface area contributed by atoms with E-state index in [4.69, 9.17) is 0 Å². The minimum Gasteiger partial charge on any atom is -0.389 e. The summed E-state index contributed by atoms with van der Waals surface area (Å²) in [5.41, 5.74) is 4.66. The average Bonchev–Trinajstić information content (AvgIpc) is 3.40. The van der Waals surface area contributed by atoms with Crippen molar-refractivity contribution in [1.82, 2.24) is 25.3 Å². The van der Waals surface area contributed by atoms with Gasteiger partial charge in [-0.3, -0.25) is 9.59 Å². The zero-order chi connectivity index (χ0) is 22.1. The highest BCUT2D eigenvalue weighted by atomic mass is 79.9. The zero-order valence-corrected chi connectivity index (χ0v) is 18.5. The maximum Gasteiger partial charge on any atom is 0.256 e. The van der Waals surface area contributed by atoms with Crippen molar-refractivity contribution in [2.24, 2.45) is 0 Å². The number of aromatic nitrogens is 4. The maximum absolute atomic E-state index is 12.8. The van der Waals surface area contributed by atoms with Crippen molar-refractivity contribution in [2.75, 3.05) is 11.9 Å². The van der Waals surface area contributed by atoms with Crippen molar-refractivity contribution in [1.29, 1.82) is 0 Å². The minimum absolute atomic E-state index is 0.0724. The molecule has 0 aliphatic carbocycles. The van der Waals surface area contributed by atoms with E-state index < -0.39 is 6.10 Å². The Labute approximate surface area is 186 Å². The van der Waals surface area contributed by atoms with Crippen molar-refractivity contribution >= 4 is 45.1 Å². The third kappa shape index (κ3) is 4.30. The Kier molecular flexibility index (Phi) is 5.75. The monoisotopic (exact) mass is 484 g/mol. The molecule has 0 saturated heterocycles. The molecule has 2 amide bonds. The van der Waals surface area contributed by atoms with E-state index in [1.807, 2.05) is 25.1 Å². The molecule has 1 aromatic carbocycles. The van der Waals surface area contributed by atoms with E-state index in [1.54, 1.807) is 19.2 Å². The molecule has 1 aliphatic rings. The minimum atomic E-state index is -0.802. The number of aliphatic hydroxyl groups is 1. The number of aryl methyl sites for hydroxylation is 1. The number of nitrogens with zero attached hydrogens (tertiary/aromatic N) is 3. The number of halogens is 1. The van der Waals surface area contributed by atoms with Crippen LogP contribution >= 0.6 is 15.9 Å².